The Bertz CT molecular complexity index is 2260. The largest absolute Gasteiger partial charge is 0.507 e. The van der Waals surface area contributed by atoms with E-state index in [9.17, 15) is 25.1 Å². The topological polar surface area (TPSA) is 140 Å². The van der Waals surface area contributed by atoms with Gasteiger partial charge in [0.2, 0.25) is 0 Å². The molecule has 1 unspecified atom stereocenters. The Hall–Kier alpha value is -5.83. The first-order chi connectivity index (χ1) is 19.9. The summed E-state index contributed by atoms with van der Waals surface area (Å²) in [7, 11) is 0. The second-order valence-corrected chi connectivity index (χ2v) is 9.61. The summed E-state index contributed by atoms with van der Waals surface area (Å²) in [6, 6.07) is 26.6. The van der Waals surface area contributed by atoms with Crippen molar-refractivity contribution in [3.05, 3.63) is 134 Å². The quantitative estimate of drug-likeness (QED) is 0.0841. The second kappa shape index (κ2) is 9.13. The van der Waals surface area contributed by atoms with E-state index >= 15 is 0 Å². The molecule has 0 saturated heterocycles. The molecule has 0 aliphatic carbocycles. The standard InChI is InChI=1S/C32H19N3O6/c36-30-18-10-2-1-9-17(18)28-29(34-22-14-6-5-13-21(22)33-28)26(30)25(19-11-3-7-15-23(19)35(39)40)27-31(37)20-12-4-8-16-24(20)41-32(27)38/h1-16,25,36-37H. The van der Waals surface area contributed by atoms with Crippen LogP contribution in [0, 0.1) is 10.1 Å². The molecule has 2 aromatic heterocycles. The molecule has 2 N–H and O–H groups in total. The zero-order valence-electron chi connectivity index (χ0n) is 21.2. The minimum Gasteiger partial charge on any atom is -0.507 e. The number of nitrogens with zero attached hydrogens (tertiary/aromatic N) is 3. The molecule has 0 amide bonds. The Morgan fingerprint density at radius 2 is 1.24 bits per heavy atom. The van der Waals surface area contributed by atoms with Crippen molar-refractivity contribution < 1.29 is 19.6 Å². The summed E-state index contributed by atoms with van der Waals surface area (Å²) in [5.74, 6) is -2.00. The van der Waals surface area contributed by atoms with E-state index in [0.717, 1.165) is 0 Å². The number of hydrogen-bond donors (Lipinski definition) is 2. The second-order valence-electron chi connectivity index (χ2n) is 9.61. The van der Waals surface area contributed by atoms with Crippen molar-refractivity contribution in [1.29, 1.82) is 0 Å². The summed E-state index contributed by atoms with van der Waals surface area (Å²) < 4.78 is 5.60. The lowest BCUT2D eigenvalue weighted by Gasteiger charge is -2.22. The zero-order chi connectivity index (χ0) is 28.2. The van der Waals surface area contributed by atoms with Gasteiger partial charge in [0.1, 0.15) is 17.1 Å². The highest BCUT2D eigenvalue weighted by Crippen LogP contribution is 2.48. The van der Waals surface area contributed by atoms with Crippen LogP contribution in [0.2, 0.25) is 0 Å². The number of para-hydroxylation sites is 4. The number of fused-ring (bicyclic) bond motifs is 5. The third-order valence-electron chi connectivity index (χ3n) is 7.36. The van der Waals surface area contributed by atoms with Gasteiger partial charge in [-0.3, -0.25) is 10.1 Å². The third-order valence-corrected chi connectivity index (χ3v) is 7.36. The molecule has 9 heteroatoms. The van der Waals surface area contributed by atoms with Crippen LogP contribution in [0.4, 0.5) is 5.69 Å². The minimum absolute atomic E-state index is 0.0669. The normalized spacial score (nSPS) is 12.3. The molecule has 0 fully saturated rings. The van der Waals surface area contributed by atoms with Gasteiger partial charge in [0, 0.05) is 28.0 Å². The van der Waals surface area contributed by atoms with Crippen LogP contribution in [0.5, 0.6) is 11.5 Å². The number of phenols is 1. The van der Waals surface area contributed by atoms with Gasteiger partial charge in [0.25, 0.3) is 5.69 Å². The van der Waals surface area contributed by atoms with Gasteiger partial charge in [-0.15, -0.1) is 0 Å². The molecule has 7 aromatic rings. The predicted octanol–water partition coefficient (Wildman–Crippen LogP) is 6.54. The van der Waals surface area contributed by atoms with Gasteiger partial charge in [0.15, 0.2) is 0 Å². The van der Waals surface area contributed by atoms with E-state index in [1.54, 1.807) is 66.7 Å². The summed E-state index contributed by atoms with van der Waals surface area (Å²) in [4.78, 5) is 35.0. The maximum Gasteiger partial charge on any atom is 0.344 e. The van der Waals surface area contributed by atoms with Crippen LogP contribution in [-0.4, -0.2) is 25.1 Å². The molecule has 0 bridgehead atoms. The highest BCUT2D eigenvalue weighted by atomic mass is 16.6. The Balaban J connectivity index is 1.72. The van der Waals surface area contributed by atoms with Gasteiger partial charge in [-0.25, -0.2) is 14.8 Å². The van der Waals surface area contributed by atoms with Crippen molar-refractivity contribution in [3.63, 3.8) is 0 Å². The van der Waals surface area contributed by atoms with Crippen LogP contribution in [0.1, 0.15) is 22.6 Å². The number of nitro groups is 1. The SMILES string of the molecule is O=c1oc2ccccc2c(O)c1C(c1ccccc1[N+](=O)[O-])c1c(O)c2ccccc2c2nc3ccccc3nc12. The minimum atomic E-state index is -1.35. The van der Waals surface area contributed by atoms with E-state index in [-0.39, 0.29) is 44.6 Å². The first-order valence-electron chi connectivity index (χ1n) is 12.7. The molecule has 2 heterocycles. The molecule has 1 atom stereocenters. The Morgan fingerprint density at radius 1 is 0.683 bits per heavy atom. The van der Waals surface area contributed by atoms with Crippen molar-refractivity contribution in [2.75, 3.05) is 0 Å². The average molecular weight is 542 g/mol. The van der Waals surface area contributed by atoms with Gasteiger partial charge < -0.3 is 14.6 Å². The van der Waals surface area contributed by atoms with Gasteiger partial charge in [-0.1, -0.05) is 66.7 Å². The van der Waals surface area contributed by atoms with Gasteiger partial charge in [0.05, 0.1) is 43.9 Å². The van der Waals surface area contributed by atoms with Gasteiger partial charge in [-0.05, 0) is 24.3 Å². The summed E-state index contributed by atoms with van der Waals surface area (Å²) in [5.41, 5.74) is 0.622. The van der Waals surface area contributed by atoms with Crippen molar-refractivity contribution in [1.82, 2.24) is 9.97 Å². The summed E-state index contributed by atoms with van der Waals surface area (Å²) >= 11 is 0. The zero-order valence-corrected chi connectivity index (χ0v) is 21.2. The number of aromatic nitrogens is 2. The van der Waals surface area contributed by atoms with Crippen LogP contribution in [0.3, 0.4) is 0 Å². The van der Waals surface area contributed by atoms with E-state index in [4.69, 9.17) is 14.4 Å². The monoisotopic (exact) mass is 541 g/mol. The molecular weight excluding hydrogens is 522 g/mol. The lowest BCUT2D eigenvalue weighted by Crippen LogP contribution is -2.17. The van der Waals surface area contributed by atoms with Crippen LogP contribution in [0.25, 0.3) is 43.8 Å². The number of hydrogen-bond acceptors (Lipinski definition) is 8. The summed E-state index contributed by atoms with van der Waals surface area (Å²) in [5, 5.41) is 37.0. The van der Waals surface area contributed by atoms with Crippen LogP contribution in [0.15, 0.2) is 106 Å². The van der Waals surface area contributed by atoms with E-state index in [2.05, 4.69) is 0 Å². The third kappa shape index (κ3) is 3.67. The Kier molecular flexibility index (Phi) is 5.39. The van der Waals surface area contributed by atoms with E-state index < -0.39 is 22.2 Å². The maximum atomic E-state index is 13.6. The summed E-state index contributed by atoms with van der Waals surface area (Å²) in [6.07, 6.45) is 0. The number of benzene rings is 5. The molecule has 0 radical (unpaired) electrons. The fourth-order valence-electron chi connectivity index (χ4n) is 5.56. The molecule has 41 heavy (non-hydrogen) atoms. The van der Waals surface area contributed by atoms with Crippen molar-refractivity contribution in [2.45, 2.75) is 5.92 Å². The van der Waals surface area contributed by atoms with Crippen molar-refractivity contribution >= 4 is 49.5 Å². The first kappa shape index (κ1) is 24.2. The summed E-state index contributed by atoms with van der Waals surface area (Å²) in [6.45, 7) is 0. The molecule has 198 valence electrons. The van der Waals surface area contributed by atoms with Crippen molar-refractivity contribution in [2.24, 2.45) is 0 Å². The lowest BCUT2D eigenvalue weighted by molar-refractivity contribution is -0.385. The fraction of sp³-hybridized carbons (Fsp3) is 0.0312. The van der Waals surface area contributed by atoms with Crippen LogP contribution < -0.4 is 5.63 Å². The van der Waals surface area contributed by atoms with E-state index in [1.165, 1.54) is 18.2 Å². The predicted molar refractivity (Wildman–Crippen MR) is 154 cm³/mol. The molecule has 0 saturated carbocycles. The number of rotatable bonds is 4. The highest BCUT2D eigenvalue weighted by molar-refractivity contribution is 6.11. The molecule has 9 nitrogen and oxygen atoms in total. The van der Waals surface area contributed by atoms with Gasteiger partial charge in [-0.2, -0.15) is 0 Å². The molecule has 0 spiro atoms. The molecule has 5 aromatic carbocycles. The molecule has 0 aliphatic rings. The number of aromatic hydroxyl groups is 2. The van der Waals surface area contributed by atoms with Crippen molar-refractivity contribution in [3.8, 4) is 11.5 Å². The van der Waals surface area contributed by atoms with E-state index in [1.807, 2.05) is 12.1 Å². The lowest BCUT2D eigenvalue weighted by atomic mass is 9.81. The average Bonchev–Trinajstić information content (AvgIpc) is 2.99. The Morgan fingerprint density at radius 3 is 1.98 bits per heavy atom. The Labute approximate surface area is 230 Å². The first-order valence-corrected chi connectivity index (χ1v) is 12.7. The molecular formula is C32H19N3O6. The maximum absolute atomic E-state index is 13.6. The molecule has 0 aliphatic heterocycles. The number of nitro benzene ring substituents is 1. The van der Waals surface area contributed by atoms with E-state index in [0.29, 0.717) is 27.3 Å². The molecule has 7 rings (SSSR count). The van der Waals surface area contributed by atoms with Crippen LogP contribution in [-0.2, 0) is 0 Å². The van der Waals surface area contributed by atoms with Gasteiger partial charge >= 0.3 is 5.63 Å². The van der Waals surface area contributed by atoms with Crippen LogP contribution >= 0.6 is 0 Å². The highest BCUT2D eigenvalue weighted by Gasteiger charge is 2.35. The smallest absolute Gasteiger partial charge is 0.344 e. The number of phenolic OH excluding ortho intramolecular Hbond substituents is 1. The fourth-order valence-corrected chi connectivity index (χ4v) is 5.56.